The van der Waals surface area contributed by atoms with Gasteiger partial charge in [0.05, 0.1) is 5.60 Å². The Hall–Kier alpha value is -1.96. The van der Waals surface area contributed by atoms with E-state index in [1.807, 2.05) is 18.0 Å². The molecule has 168 valence electrons. The van der Waals surface area contributed by atoms with Gasteiger partial charge in [-0.2, -0.15) is 0 Å². The average molecular weight is 428 g/mol. The Labute approximate surface area is 183 Å². The first kappa shape index (κ1) is 20.9. The third-order valence-corrected chi connectivity index (χ3v) is 8.59. The number of aromatic hydroxyl groups is 1. The molecular formula is C24H33N3O4. The molecule has 4 aliphatic rings. The first-order chi connectivity index (χ1) is 14.7. The quantitative estimate of drug-likeness (QED) is 0.725. The monoisotopic (exact) mass is 427 g/mol. The number of carbonyl (C=O) groups is 2. The maximum Gasteiger partial charge on any atom is 0.223 e. The lowest BCUT2D eigenvalue weighted by Gasteiger charge is -2.63. The zero-order valence-corrected chi connectivity index (χ0v) is 18.5. The lowest BCUT2D eigenvalue weighted by molar-refractivity contribution is -0.179. The van der Waals surface area contributed by atoms with E-state index in [0.717, 1.165) is 30.8 Å². The van der Waals surface area contributed by atoms with Gasteiger partial charge in [-0.15, -0.1) is 0 Å². The van der Waals surface area contributed by atoms with E-state index < -0.39 is 16.9 Å². The Bertz CT molecular complexity index is 912. The number of fused-ring (bicyclic) bond motifs is 1. The molecule has 0 aromatic heterocycles. The number of rotatable bonds is 2. The summed E-state index contributed by atoms with van der Waals surface area (Å²) in [6, 6.07) is 5.29. The third kappa shape index (κ3) is 3.12. The number of benzene rings is 1. The van der Waals surface area contributed by atoms with Crippen LogP contribution in [-0.2, 0) is 21.4 Å². The predicted molar refractivity (Wildman–Crippen MR) is 116 cm³/mol. The van der Waals surface area contributed by atoms with E-state index in [2.05, 4.69) is 16.8 Å². The molecule has 5 rings (SSSR count). The molecule has 31 heavy (non-hydrogen) atoms. The molecule has 2 saturated heterocycles. The molecule has 0 unspecified atom stereocenters. The third-order valence-electron chi connectivity index (χ3n) is 8.59. The van der Waals surface area contributed by atoms with Crippen LogP contribution in [0.3, 0.4) is 0 Å². The minimum absolute atomic E-state index is 0.0263. The maximum absolute atomic E-state index is 13.4. The van der Waals surface area contributed by atoms with Crippen LogP contribution in [0.1, 0.15) is 36.8 Å². The van der Waals surface area contributed by atoms with Crippen molar-refractivity contribution < 1.29 is 19.8 Å². The van der Waals surface area contributed by atoms with Crippen LogP contribution in [0.15, 0.2) is 18.2 Å². The summed E-state index contributed by atoms with van der Waals surface area (Å²) in [6.45, 7) is 3.90. The van der Waals surface area contributed by atoms with E-state index in [0.29, 0.717) is 32.4 Å². The van der Waals surface area contributed by atoms with Gasteiger partial charge in [-0.25, -0.2) is 0 Å². The molecular weight excluding hydrogens is 394 g/mol. The summed E-state index contributed by atoms with van der Waals surface area (Å²) in [5.41, 5.74) is 0.276. The van der Waals surface area contributed by atoms with E-state index in [1.165, 1.54) is 0 Å². The number of phenolic OH excluding ortho intramolecular Hbond substituents is 1. The molecule has 1 aromatic carbocycles. The van der Waals surface area contributed by atoms with Crippen molar-refractivity contribution in [2.75, 3.05) is 46.8 Å². The van der Waals surface area contributed by atoms with Gasteiger partial charge in [0.2, 0.25) is 5.91 Å². The molecule has 2 bridgehead atoms. The van der Waals surface area contributed by atoms with Crippen molar-refractivity contribution in [1.82, 2.24) is 14.7 Å². The number of carbonyl (C=O) groups excluding carboxylic acids is 2. The van der Waals surface area contributed by atoms with Crippen molar-refractivity contribution in [3.05, 3.63) is 29.3 Å². The molecule has 0 spiro atoms. The van der Waals surface area contributed by atoms with Gasteiger partial charge < -0.3 is 24.9 Å². The van der Waals surface area contributed by atoms with E-state index in [9.17, 15) is 19.8 Å². The van der Waals surface area contributed by atoms with Gasteiger partial charge in [0.25, 0.3) is 0 Å². The second kappa shape index (κ2) is 7.29. The number of likely N-dealkylation sites (tertiary alicyclic amines) is 1. The number of hydrogen-bond acceptors (Lipinski definition) is 6. The largest absolute Gasteiger partial charge is 0.508 e. The Morgan fingerprint density at radius 2 is 1.90 bits per heavy atom. The SMILES string of the molecule is CN1CCN(C(=O)C[C@H]2C[C@@]3(O)[C@H]4Cc5ccc(O)cc5[C@@]3(CCN4C)CC2=O)CC1. The van der Waals surface area contributed by atoms with E-state index in [4.69, 9.17) is 0 Å². The van der Waals surface area contributed by atoms with Crippen LogP contribution in [-0.4, -0.2) is 95.1 Å². The molecule has 4 atom stereocenters. The number of piperazine rings is 1. The van der Waals surface area contributed by atoms with Crippen LogP contribution in [0.2, 0.25) is 0 Å². The minimum atomic E-state index is -1.08. The van der Waals surface area contributed by atoms with Gasteiger partial charge in [-0.05, 0) is 63.2 Å². The van der Waals surface area contributed by atoms with Gasteiger partial charge in [0.1, 0.15) is 11.5 Å². The molecule has 2 aliphatic carbocycles. The van der Waals surface area contributed by atoms with Crippen molar-refractivity contribution in [1.29, 1.82) is 0 Å². The van der Waals surface area contributed by atoms with Crippen LogP contribution >= 0.6 is 0 Å². The second-order valence-corrected chi connectivity index (χ2v) is 10.2. The Morgan fingerprint density at radius 3 is 2.65 bits per heavy atom. The molecule has 1 aromatic rings. The summed E-state index contributed by atoms with van der Waals surface area (Å²) in [5.74, 6) is -0.171. The molecule has 7 heteroatoms. The lowest BCUT2D eigenvalue weighted by atomic mass is 9.47. The highest BCUT2D eigenvalue weighted by Gasteiger charge is 2.66. The predicted octanol–water partition coefficient (Wildman–Crippen LogP) is 0.765. The second-order valence-electron chi connectivity index (χ2n) is 10.2. The number of hydrogen-bond donors (Lipinski definition) is 2. The highest BCUT2D eigenvalue weighted by Crippen LogP contribution is 2.58. The van der Waals surface area contributed by atoms with Gasteiger partial charge in [-0.1, -0.05) is 6.07 Å². The fourth-order valence-electron chi connectivity index (χ4n) is 6.69. The van der Waals surface area contributed by atoms with Crippen molar-refractivity contribution in [3.8, 4) is 5.75 Å². The van der Waals surface area contributed by atoms with Gasteiger partial charge >= 0.3 is 0 Å². The standard InChI is InChI=1S/C24H33N3O4/c1-25-7-9-27(10-8-25)22(30)12-17-14-24(31)21-11-16-3-4-18(28)13-19(16)23(24,15-20(17)29)5-6-26(21)2/h3-4,13,17,21,28,31H,5-12,14-15H2,1-2H3/t17-,21+,23+,24+/m0/s1. The summed E-state index contributed by atoms with van der Waals surface area (Å²) in [4.78, 5) is 32.6. The molecule has 1 saturated carbocycles. The van der Waals surface area contributed by atoms with Crippen molar-refractivity contribution in [2.24, 2.45) is 5.92 Å². The highest BCUT2D eigenvalue weighted by molar-refractivity contribution is 5.89. The number of Topliss-reactive ketones (excluding diaryl/α,β-unsaturated/α-hetero) is 1. The van der Waals surface area contributed by atoms with Crippen molar-refractivity contribution in [2.45, 2.75) is 49.2 Å². The number of likely N-dealkylation sites (N-methyl/N-ethyl adjacent to an activating group) is 2. The Kier molecular flexibility index (Phi) is 4.92. The van der Waals surface area contributed by atoms with Crippen molar-refractivity contribution >= 4 is 11.7 Å². The first-order valence-electron chi connectivity index (χ1n) is 11.5. The van der Waals surface area contributed by atoms with E-state index in [1.54, 1.807) is 12.1 Å². The summed E-state index contributed by atoms with van der Waals surface area (Å²) in [7, 11) is 4.09. The zero-order valence-electron chi connectivity index (χ0n) is 18.5. The molecule has 2 N–H and O–H groups in total. The number of phenols is 1. The van der Waals surface area contributed by atoms with E-state index >= 15 is 0 Å². The molecule has 0 radical (unpaired) electrons. The summed E-state index contributed by atoms with van der Waals surface area (Å²) in [6.07, 6.45) is 2.11. The number of amides is 1. The van der Waals surface area contributed by atoms with Crippen LogP contribution < -0.4 is 0 Å². The average Bonchev–Trinajstić information content (AvgIpc) is 2.73. The number of nitrogens with zero attached hydrogens (tertiary/aromatic N) is 3. The molecule has 7 nitrogen and oxygen atoms in total. The first-order valence-corrected chi connectivity index (χ1v) is 11.5. The molecule has 3 fully saturated rings. The van der Waals surface area contributed by atoms with E-state index in [-0.39, 0.29) is 36.3 Å². The van der Waals surface area contributed by atoms with Crippen LogP contribution in [0.25, 0.3) is 0 Å². The van der Waals surface area contributed by atoms with Crippen LogP contribution in [0.5, 0.6) is 5.75 Å². The number of ketones is 1. The lowest BCUT2D eigenvalue weighted by Crippen LogP contribution is -2.73. The Morgan fingerprint density at radius 1 is 1.16 bits per heavy atom. The normalized spacial score (nSPS) is 36.1. The molecule has 2 heterocycles. The fraction of sp³-hybridized carbons (Fsp3) is 0.667. The van der Waals surface area contributed by atoms with Crippen molar-refractivity contribution in [3.63, 3.8) is 0 Å². The van der Waals surface area contributed by atoms with Gasteiger partial charge in [-0.3, -0.25) is 9.59 Å². The fourth-order valence-corrected chi connectivity index (χ4v) is 6.69. The van der Waals surface area contributed by atoms with Gasteiger partial charge in [0.15, 0.2) is 0 Å². The van der Waals surface area contributed by atoms with Crippen LogP contribution in [0.4, 0.5) is 0 Å². The number of piperidine rings is 1. The zero-order chi connectivity index (χ0) is 22.0. The summed E-state index contributed by atoms with van der Waals surface area (Å²) in [5, 5.41) is 22.4. The molecule has 1 amide bonds. The summed E-state index contributed by atoms with van der Waals surface area (Å²) >= 11 is 0. The smallest absolute Gasteiger partial charge is 0.223 e. The topological polar surface area (TPSA) is 84.3 Å². The highest BCUT2D eigenvalue weighted by atomic mass is 16.3. The van der Waals surface area contributed by atoms with Crippen LogP contribution in [0, 0.1) is 5.92 Å². The number of aliphatic hydroxyl groups is 1. The Balaban J connectivity index is 1.45. The maximum atomic E-state index is 13.4. The minimum Gasteiger partial charge on any atom is -0.508 e. The summed E-state index contributed by atoms with van der Waals surface area (Å²) < 4.78 is 0. The van der Waals surface area contributed by atoms with Gasteiger partial charge in [0, 0.05) is 56.4 Å². The molecule has 2 aliphatic heterocycles.